The molecule has 3 N–H and O–H groups in total. The molecule has 1 heterocycles. The first-order valence-electron chi connectivity index (χ1n) is 8.39. The van der Waals surface area contributed by atoms with Crippen LogP contribution in [0.25, 0.3) is 11.3 Å². The van der Waals surface area contributed by atoms with Crippen molar-refractivity contribution >= 4 is 0 Å². The lowest BCUT2D eigenvalue weighted by atomic mass is 10.1. The largest absolute Gasteiger partial charge is 0.455 e. The predicted octanol–water partition coefficient (Wildman–Crippen LogP) is 3.82. The van der Waals surface area contributed by atoms with E-state index in [4.69, 9.17) is 4.42 Å². The molecule has 0 aliphatic heterocycles. The van der Waals surface area contributed by atoms with Gasteiger partial charge in [-0.25, -0.2) is 0 Å². The topological polar surface area (TPSA) is 50.0 Å². The molecule has 0 aliphatic carbocycles. The molecule has 2 aromatic carbocycles. The Morgan fingerprint density at radius 3 is 2.25 bits per heavy atom. The predicted molar refractivity (Wildman–Crippen MR) is 95.3 cm³/mol. The van der Waals surface area contributed by atoms with Gasteiger partial charge in [-0.3, -0.25) is 0 Å². The van der Waals surface area contributed by atoms with Gasteiger partial charge < -0.3 is 14.8 Å². The SMILES string of the molecule is C[C@@H](O)c1ccc(-c2ccc(C[NH2+][C@H](C)c3ccccc3)o2)cc1. The maximum Gasteiger partial charge on any atom is 0.158 e. The van der Waals surface area contributed by atoms with E-state index in [2.05, 4.69) is 36.5 Å². The summed E-state index contributed by atoms with van der Waals surface area (Å²) in [5, 5.41) is 11.8. The molecular weight excluding hydrogens is 298 g/mol. The fourth-order valence-corrected chi connectivity index (χ4v) is 2.75. The monoisotopic (exact) mass is 322 g/mol. The molecule has 0 amide bonds. The van der Waals surface area contributed by atoms with Gasteiger partial charge in [0.25, 0.3) is 0 Å². The highest BCUT2D eigenvalue weighted by atomic mass is 16.3. The van der Waals surface area contributed by atoms with E-state index in [0.29, 0.717) is 6.04 Å². The number of rotatable bonds is 6. The lowest BCUT2D eigenvalue weighted by molar-refractivity contribution is -0.709. The summed E-state index contributed by atoms with van der Waals surface area (Å²) in [4.78, 5) is 0. The molecule has 0 bridgehead atoms. The van der Waals surface area contributed by atoms with Crippen LogP contribution in [0.15, 0.2) is 71.1 Å². The van der Waals surface area contributed by atoms with Gasteiger partial charge in [0.15, 0.2) is 5.76 Å². The normalized spacial score (nSPS) is 13.6. The van der Waals surface area contributed by atoms with E-state index in [1.807, 2.05) is 42.5 Å². The molecule has 3 aromatic rings. The molecule has 0 unspecified atom stereocenters. The second kappa shape index (κ2) is 7.47. The Bertz CT molecular complexity index is 760. The number of hydrogen-bond acceptors (Lipinski definition) is 2. The van der Waals surface area contributed by atoms with Gasteiger partial charge >= 0.3 is 0 Å². The highest BCUT2D eigenvalue weighted by Gasteiger charge is 2.11. The van der Waals surface area contributed by atoms with Gasteiger partial charge in [0.1, 0.15) is 18.3 Å². The minimum atomic E-state index is -0.444. The second-order valence-electron chi connectivity index (χ2n) is 6.20. The molecule has 0 saturated carbocycles. The van der Waals surface area contributed by atoms with Crippen LogP contribution in [-0.4, -0.2) is 5.11 Å². The van der Waals surface area contributed by atoms with Gasteiger partial charge in [-0.05, 0) is 31.5 Å². The van der Waals surface area contributed by atoms with Crippen LogP contribution >= 0.6 is 0 Å². The first-order valence-corrected chi connectivity index (χ1v) is 8.39. The van der Waals surface area contributed by atoms with Crippen LogP contribution in [-0.2, 0) is 6.54 Å². The third kappa shape index (κ3) is 3.94. The van der Waals surface area contributed by atoms with Gasteiger partial charge in [-0.2, -0.15) is 0 Å². The van der Waals surface area contributed by atoms with Crippen molar-refractivity contribution in [3.63, 3.8) is 0 Å². The fourth-order valence-electron chi connectivity index (χ4n) is 2.75. The molecule has 124 valence electrons. The van der Waals surface area contributed by atoms with E-state index in [-0.39, 0.29) is 0 Å². The van der Waals surface area contributed by atoms with Crippen molar-refractivity contribution in [2.24, 2.45) is 0 Å². The van der Waals surface area contributed by atoms with Crippen LogP contribution < -0.4 is 5.32 Å². The van der Waals surface area contributed by atoms with E-state index >= 15 is 0 Å². The summed E-state index contributed by atoms with van der Waals surface area (Å²) in [7, 11) is 0. The van der Waals surface area contributed by atoms with Crippen LogP contribution in [0.4, 0.5) is 0 Å². The molecule has 0 aliphatic rings. The maximum absolute atomic E-state index is 9.58. The van der Waals surface area contributed by atoms with Gasteiger partial charge in [0.2, 0.25) is 0 Å². The number of aliphatic hydroxyl groups excluding tert-OH is 1. The number of benzene rings is 2. The van der Waals surface area contributed by atoms with E-state index in [1.165, 1.54) is 5.56 Å². The average Bonchev–Trinajstić information content (AvgIpc) is 3.09. The minimum Gasteiger partial charge on any atom is -0.455 e. The summed E-state index contributed by atoms with van der Waals surface area (Å²) in [5.74, 6) is 1.83. The summed E-state index contributed by atoms with van der Waals surface area (Å²) in [6.07, 6.45) is -0.444. The molecule has 3 rings (SSSR count). The Morgan fingerprint density at radius 1 is 0.875 bits per heavy atom. The highest BCUT2D eigenvalue weighted by Crippen LogP contribution is 2.24. The van der Waals surface area contributed by atoms with Crippen molar-refractivity contribution < 1.29 is 14.8 Å². The zero-order valence-electron chi connectivity index (χ0n) is 14.1. The molecule has 3 heteroatoms. The summed E-state index contributed by atoms with van der Waals surface area (Å²) in [5.41, 5.74) is 3.26. The van der Waals surface area contributed by atoms with Crippen molar-refractivity contribution in [3.05, 3.63) is 83.6 Å². The fraction of sp³-hybridized carbons (Fsp3) is 0.238. The Labute approximate surface area is 143 Å². The first-order chi connectivity index (χ1) is 11.6. The van der Waals surface area contributed by atoms with Crippen LogP contribution in [0.1, 0.15) is 42.9 Å². The van der Waals surface area contributed by atoms with Crippen molar-refractivity contribution in [2.75, 3.05) is 0 Å². The van der Waals surface area contributed by atoms with Gasteiger partial charge in [-0.1, -0.05) is 54.6 Å². The van der Waals surface area contributed by atoms with Crippen LogP contribution in [0.3, 0.4) is 0 Å². The summed E-state index contributed by atoms with van der Waals surface area (Å²) < 4.78 is 5.96. The van der Waals surface area contributed by atoms with Gasteiger partial charge in [0.05, 0.1) is 6.10 Å². The van der Waals surface area contributed by atoms with E-state index in [9.17, 15) is 5.11 Å². The van der Waals surface area contributed by atoms with Crippen molar-refractivity contribution in [3.8, 4) is 11.3 Å². The third-order valence-corrected chi connectivity index (χ3v) is 4.34. The number of furan rings is 1. The average molecular weight is 322 g/mol. The standard InChI is InChI=1S/C21H23NO2/c1-15(17-6-4-3-5-7-17)22-14-20-12-13-21(24-20)19-10-8-18(9-11-19)16(2)23/h3-13,15-16,22-23H,14H2,1-2H3/p+1/t15-,16-/m1/s1. The minimum absolute atomic E-state index is 0.394. The van der Waals surface area contributed by atoms with E-state index < -0.39 is 6.10 Å². The molecule has 3 nitrogen and oxygen atoms in total. The van der Waals surface area contributed by atoms with Crippen LogP contribution in [0.2, 0.25) is 0 Å². The Kier molecular flexibility index (Phi) is 5.14. The summed E-state index contributed by atoms with van der Waals surface area (Å²) in [6, 6.07) is 22.8. The summed E-state index contributed by atoms with van der Waals surface area (Å²) in [6.45, 7) is 4.78. The molecular formula is C21H24NO2+. The second-order valence-corrected chi connectivity index (χ2v) is 6.20. The van der Waals surface area contributed by atoms with Crippen molar-refractivity contribution in [1.29, 1.82) is 0 Å². The summed E-state index contributed by atoms with van der Waals surface area (Å²) >= 11 is 0. The maximum atomic E-state index is 9.58. The van der Waals surface area contributed by atoms with Crippen LogP contribution in [0, 0.1) is 0 Å². The third-order valence-electron chi connectivity index (χ3n) is 4.34. The first kappa shape index (κ1) is 16.5. The zero-order valence-corrected chi connectivity index (χ0v) is 14.1. The number of quaternary nitrogens is 1. The molecule has 2 atom stereocenters. The van der Waals surface area contributed by atoms with E-state index in [0.717, 1.165) is 29.2 Å². The molecule has 0 spiro atoms. The Morgan fingerprint density at radius 2 is 1.58 bits per heavy atom. The highest BCUT2D eigenvalue weighted by molar-refractivity contribution is 5.58. The number of nitrogens with two attached hydrogens (primary N) is 1. The lowest BCUT2D eigenvalue weighted by Gasteiger charge is -2.09. The van der Waals surface area contributed by atoms with Crippen molar-refractivity contribution in [1.82, 2.24) is 0 Å². The van der Waals surface area contributed by atoms with Crippen molar-refractivity contribution in [2.45, 2.75) is 32.5 Å². The smallest absolute Gasteiger partial charge is 0.158 e. The quantitative estimate of drug-likeness (QED) is 0.725. The zero-order chi connectivity index (χ0) is 16.9. The van der Waals surface area contributed by atoms with Gasteiger partial charge in [-0.15, -0.1) is 0 Å². The molecule has 0 saturated heterocycles. The lowest BCUT2D eigenvalue weighted by Crippen LogP contribution is -2.82. The Hall–Kier alpha value is -2.36. The number of hydrogen-bond donors (Lipinski definition) is 2. The molecule has 24 heavy (non-hydrogen) atoms. The molecule has 0 radical (unpaired) electrons. The van der Waals surface area contributed by atoms with Gasteiger partial charge in [0, 0.05) is 11.1 Å². The Balaban J connectivity index is 1.63. The van der Waals surface area contributed by atoms with Crippen LogP contribution in [0.5, 0.6) is 0 Å². The molecule has 0 fully saturated rings. The van der Waals surface area contributed by atoms with E-state index in [1.54, 1.807) is 6.92 Å². The molecule has 1 aromatic heterocycles. The number of aliphatic hydroxyl groups is 1.